The number of hydrogen-bond donors (Lipinski definition) is 0. The first-order chi connectivity index (χ1) is 12.4. The van der Waals surface area contributed by atoms with E-state index in [1.165, 1.54) is 0 Å². The monoisotopic (exact) mass is 357 g/mol. The summed E-state index contributed by atoms with van der Waals surface area (Å²) in [5.74, 6) is -1.01. The Labute approximate surface area is 145 Å². The number of nitro benzene ring substituents is 2. The molecule has 0 saturated carbocycles. The minimum atomic E-state index is -1.01. The Morgan fingerprint density at radius 1 is 1.12 bits per heavy atom. The molecular weight excluding hydrogens is 346 g/mol. The molecule has 11 nitrogen and oxygen atoms in total. The molecule has 2 aromatic rings. The van der Waals surface area contributed by atoms with Crippen molar-refractivity contribution in [1.29, 1.82) is 0 Å². The van der Waals surface area contributed by atoms with E-state index in [4.69, 9.17) is 10.3 Å². The lowest BCUT2D eigenvalue weighted by atomic mass is 10.1. The highest BCUT2D eigenvalue weighted by Gasteiger charge is 2.21. The SMILES string of the molecule is [N-]=[N+]=NC(COC(=O)c1cc([N+](=O)[O-])cc([N+](=O)[O-])c1)c1ccccc1. The number of esters is 1. The van der Waals surface area contributed by atoms with Crippen LogP contribution in [-0.4, -0.2) is 22.4 Å². The third kappa shape index (κ3) is 4.52. The molecule has 0 N–H and O–H groups in total. The van der Waals surface area contributed by atoms with Crippen LogP contribution in [0.15, 0.2) is 53.6 Å². The van der Waals surface area contributed by atoms with Crippen LogP contribution in [0.25, 0.3) is 10.4 Å². The number of rotatable bonds is 7. The van der Waals surface area contributed by atoms with E-state index in [0.717, 1.165) is 18.2 Å². The lowest BCUT2D eigenvalue weighted by Crippen LogP contribution is -2.12. The van der Waals surface area contributed by atoms with Gasteiger partial charge in [0, 0.05) is 17.0 Å². The van der Waals surface area contributed by atoms with Crippen LogP contribution >= 0.6 is 0 Å². The summed E-state index contributed by atoms with van der Waals surface area (Å²) in [5, 5.41) is 25.3. The van der Waals surface area contributed by atoms with Gasteiger partial charge >= 0.3 is 5.97 Å². The fourth-order valence-electron chi connectivity index (χ4n) is 2.10. The van der Waals surface area contributed by atoms with Crippen molar-refractivity contribution in [2.24, 2.45) is 5.11 Å². The average molecular weight is 357 g/mol. The number of nitrogens with zero attached hydrogens (tertiary/aromatic N) is 5. The Bertz CT molecular complexity index is 862. The maximum absolute atomic E-state index is 12.1. The minimum absolute atomic E-state index is 0.330. The van der Waals surface area contributed by atoms with Crippen LogP contribution in [-0.2, 0) is 4.74 Å². The van der Waals surface area contributed by atoms with Gasteiger partial charge < -0.3 is 4.74 Å². The van der Waals surface area contributed by atoms with Gasteiger partial charge in [-0.15, -0.1) is 0 Å². The molecule has 0 spiro atoms. The van der Waals surface area contributed by atoms with Crippen LogP contribution in [0.1, 0.15) is 22.0 Å². The van der Waals surface area contributed by atoms with Gasteiger partial charge in [0.15, 0.2) is 0 Å². The molecule has 0 bridgehead atoms. The number of nitro groups is 2. The van der Waals surface area contributed by atoms with Crippen LogP contribution in [0.5, 0.6) is 0 Å². The summed E-state index contributed by atoms with van der Waals surface area (Å²) in [7, 11) is 0. The normalized spacial score (nSPS) is 11.1. The van der Waals surface area contributed by atoms with Crippen LogP contribution in [0.3, 0.4) is 0 Å². The predicted molar refractivity (Wildman–Crippen MR) is 88.4 cm³/mol. The van der Waals surface area contributed by atoms with Gasteiger partial charge in [-0.1, -0.05) is 35.4 Å². The molecule has 2 aromatic carbocycles. The first-order valence-electron chi connectivity index (χ1n) is 7.12. The predicted octanol–water partition coefficient (Wildman–Crippen LogP) is 3.71. The quantitative estimate of drug-likeness (QED) is 0.183. The summed E-state index contributed by atoms with van der Waals surface area (Å²) >= 11 is 0. The zero-order valence-corrected chi connectivity index (χ0v) is 13.1. The van der Waals surface area contributed by atoms with E-state index >= 15 is 0 Å². The van der Waals surface area contributed by atoms with Crippen molar-refractivity contribution >= 4 is 17.3 Å². The Morgan fingerprint density at radius 3 is 2.19 bits per heavy atom. The van der Waals surface area contributed by atoms with Crippen molar-refractivity contribution < 1.29 is 19.4 Å². The number of azide groups is 1. The minimum Gasteiger partial charge on any atom is -0.461 e. The Kier molecular flexibility index (Phi) is 5.80. The standard InChI is InChI=1S/C15H11N5O6/c16-18-17-14(10-4-2-1-3-5-10)9-26-15(21)11-6-12(19(22)23)8-13(7-11)20(24)25/h1-8,14H,9H2. The number of ether oxygens (including phenoxy) is 1. The maximum Gasteiger partial charge on any atom is 0.338 e. The molecule has 1 unspecified atom stereocenters. The largest absolute Gasteiger partial charge is 0.461 e. The summed E-state index contributed by atoms with van der Waals surface area (Å²) in [6.07, 6.45) is 0. The molecule has 0 amide bonds. The smallest absolute Gasteiger partial charge is 0.338 e. The van der Waals surface area contributed by atoms with Crippen LogP contribution in [0, 0.1) is 20.2 Å². The fourth-order valence-corrected chi connectivity index (χ4v) is 2.10. The number of non-ortho nitro benzene ring substituents is 2. The topological polar surface area (TPSA) is 161 Å². The maximum atomic E-state index is 12.1. The molecule has 11 heteroatoms. The molecule has 0 aliphatic rings. The van der Waals surface area contributed by atoms with Gasteiger partial charge in [-0.3, -0.25) is 20.2 Å². The molecule has 26 heavy (non-hydrogen) atoms. The number of carbonyl (C=O) groups excluding carboxylic acids is 1. The Hall–Kier alpha value is -3.98. The van der Waals surface area contributed by atoms with Gasteiger partial charge in [0.1, 0.15) is 6.61 Å². The molecule has 132 valence electrons. The zero-order valence-electron chi connectivity index (χ0n) is 13.1. The first-order valence-corrected chi connectivity index (χ1v) is 7.12. The van der Waals surface area contributed by atoms with Gasteiger partial charge in [-0.25, -0.2) is 4.79 Å². The molecule has 0 aromatic heterocycles. The second kappa shape index (κ2) is 8.22. The van der Waals surface area contributed by atoms with Crippen LogP contribution < -0.4 is 0 Å². The Morgan fingerprint density at radius 2 is 1.69 bits per heavy atom. The molecule has 1 atom stereocenters. The van der Waals surface area contributed by atoms with Gasteiger partial charge in [-0.05, 0) is 11.1 Å². The summed E-state index contributed by atoms with van der Waals surface area (Å²) in [6, 6.07) is 10.2. The van der Waals surface area contributed by atoms with Gasteiger partial charge in [0.05, 0.1) is 27.5 Å². The van der Waals surface area contributed by atoms with E-state index in [9.17, 15) is 25.0 Å². The summed E-state index contributed by atoms with van der Waals surface area (Å²) in [5.41, 5.74) is 7.67. The lowest BCUT2D eigenvalue weighted by molar-refractivity contribution is -0.394. The molecule has 0 saturated heterocycles. The Balaban J connectivity index is 2.22. The average Bonchev–Trinajstić information content (AvgIpc) is 2.65. The highest BCUT2D eigenvalue weighted by Crippen LogP contribution is 2.24. The van der Waals surface area contributed by atoms with E-state index in [0.29, 0.717) is 5.56 Å². The molecule has 0 aliphatic carbocycles. The molecule has 0 radical (unpaired) electrons. The number of benzene rings is 2. The second-order valence-electron chi connectivity index (χ2n) is 4.98. The van der Waals surface area contributed by atoms with Crippen molar-refractivity contribution in [3.63, 3.8) is 0 Å². The molecule has 0 fully saturated rings. The van der Waals surface area contributed by atoms with E-state index in [1.807, 2.05) is 0 Å². The van der Waals surface area contributed by atoms with Gasteiger partial charge in [0.25, 0.3) is 11.4 Å². The van der Waals surface area contributed by atoms with Crippen molar-refractivity contribution in [3.8, 4) is 0 Å². The fraction of sp³-hybridized carbons (Fsp3) is 0.133. The summed E-state index contributed by atoms with van der Waals surface area (Å²) < 4.78 is 5.02. The highest BCUT2D eigenvalue weighted by atomic mass is 16.6. The van der Waals surface area contributed by atoms with Crippen LogP contribution in [0.2, 0.25) is 0 Å². The zero-order chi connectivity index (χ0) is 19.1. The van der Waals surface area contributed by atoms with Gasteiger partial charge in [-0.2, -0.15) is 0 Å². The van der Waals surface area contributed by atoms with E-state index in [2.05, 4.69) is 10.0 Å². The van der Waals surface area contributed by atoms with E-state index < -0.39 is 33.2 Å². The second-order valence-corrected chi connectivity index (χ2v) is 4.98. The van der Waals surface area contributed by atoms with Crippen molar-refractivity contribution in [2.75, 3.05) is 6.61 Å². The van der Waals surface area contributed by atoms with Crippen molar-refractivity contribution in [1.82, 2.24) is 0 Å². The van der Waals surface area contributed by atoms with Crippen LogP contribution in [0.4, 0.5) is 11.4 Å². The van der Waals surface area contributed by atoms with Gasteiger partial charge in [0.2, 0.25) is 0 Å². The number of hydrogen-bond acceptors (Lipinski definition) is 7. The first kappa shape index (κ1) is 18.4. The van der Waals surface area contributed by atoms with Crippen molar-refractivity contribution in [3.05, 3.63) is 90.3 Å². The summed E-state index contributed by atoms with van der Waals surface area (Å²) in [6.45, 7) is -0.330. The van der Waals surface area contributed by atoms with E-state index in [-0.39, 0.29) is 12.2 Å². The number of carbonyl (C=O) groups is 1. The third-order valence-corrected chi connectivity index (χ3v) is 3.31. The third-order valence-electron chi connectivity index (χ3n) is 3.31. The molecule has 0 aliphatic heterocycles. The lowest BCUT2D eigenvalue weighted by Gasteiger charge is -2.12. The van der Waals surface area contributed by atoms with E-state index in [1.54, 1.807) is 30.3 Å². The van der Waals surface area contributed by atoms with Crippen molar-refractivity contribution in [2.45, 2.75) is 6.04 Å². The highest BCUT2D eigenvalue weighted by molar-refractivity contribution is 5.91. The molecule has 2 rings (SSSR count). The summed E-state index contributed by atoms with van der Waals surface area (Å²) in [4.78, 5) is 34.8. The molecule has 0 heterocycles. The molecular formula is C15H11N5O6.